The van der Waals surface area contributed by atoms with Gasteiger partial charge in [-0.3, -0.25) is 0 Å². The Morgan fingerprint density at radius 3 is 2.47 bits per heavy atom. The lowest BCUT2D eigenvalue weighted by Gasteiger charge is -2.05. The van der Waals surface area contributed by atoms with Gasteiger partial charge in [-0.2, -0.15) is 0 Å². The molecule has 0 atom stereocenters. The summed E-state index contributed by atoms with van der Waals surface area (Å²) in [4.78, 5) is 1.37. The second-order valence-electron chi connectivity index (χ2n) is 5.29. The second kappa shape index (κ2) is 8.62. The van der Waals surface area contributed by atoms with E-state index in [-0.39, 0.29) is 0 Å². The average molecular weight is 279 g/mol. The highest BCUT2D eigenvalue weighted by atomic mass is 32.2. The smallest absolute Gasteiger partial charge is 0.0431 e. The van der Waals surface area contributed by atoms with E-state index < -0.39 is 0 Å². The zero-order valence-corrected chi connectivity index (χ0v) is 12.4. The third kappa shape index (κ3) is 6.46. The molecule has 1 aliphatic carbocycles. The molecule has 0 heterocycles. The number of aliphatic hydroxyl groups excluding tert-OH is 1. The van der Waals surface area contributed by atoms with Crippen LogP contribution in [0.3, 0.4) is 0 Å². The van der Waals surface area contributed by atoms with Crippen LogP contribution in [-0.4, -0.2) is 23.5 Å². The normalized spacial score (nSPS) is 14.8. The van der Waals surface area contributed by atoms with Crippen LogP contribution < -0.4 is 5.32 Å². The molecule has 0 spiro atoms. The van der Waals surface area contributed by atoms with Crippen molar-refractivity contribution in [1.82, 2.24) is 5.32 Å². The van der Waals surface area contributed by atoms with Crippen LogP contribution in [0.4, 0.5) is 0 Å². The highest BCUT2D eigenvalue weighted by molar-refractivity contribution is 7.99. The highest BCUT2D eigenvalue weighted by Crippen LogP contribution is 2.22. The highest BCUT2D eigenvalue weighted by Gasteiger charge is 2.19. The lowest BCUT2D eigenvalue weighted by Crippen LogP contribution is -2.14. The van der Waals surface area contributed by atoms with E-state index in [1.54, 1.807) is 0 Å². The van der Waals surface area contributed by atoms with Gasteiger partial charge in [-0.15, -0.1) is 11.8 Å². The molecule has 106 valence electrons. The lowest BCUT2D eigenvalue weighted by molar-refractivity contribution is 0.283. The first kappa shape index (κ1) is 14.9. The first-order valence-corrected chi connectivity index (χ1v) is 8.43. The molecular formula is C16H25NOS. The molecule has 0 radical (unpaired) electrons. The van der Waals surface area contributed by atoms with Crippen molar-refractivity contribution in [3.05, 3.63) is 29.8 Å². The largest absolute Gasteiger partial charge is 0.396 e. The van der Waals surface area contributed by atoms with E-state index in [1.165, 1.54) is 41.9 Å². The summed E-state index contributed by atoms with van der Waals surface area (Å²) >= 11 is 1.94. The molecule has 0 aliphatic heterocycles. The molecule has 1 aliphatic rings. The van der Waals surface area contributed by atoms with Gasteiger partial charge in [-0.1, -0.05) is 25.0 Å². The van der Waals surface area contributed by atoms with Crippen LogP contribution in [0.25, 0.3) is 0 Å². The van der Waals surface area contributed by atoms with Gasteiger partial charge in [0, 0.05) is 24.1 Å². The fourth-order valence-corrected chi connectivity index (χ4v) is 2.92. The van der Waals surface area contributed by atoms with Crippen LogP contribution in [0.5, 0.6) is 0 Å². The Kier molecular flexibility index (Phi) is 6.75. The molecule has 2 nitrogen and oxygen atoms in total. The van der Waals surface area contributed by atoms with Crippen molar-refractivity contribution in [2.45, 2.75) is 56.0 Å². The zero-order valence-electron chi connectivity index (χ0n) is 11.6. The summed E-state index contributed by atoms with van der Waals surface area (Å²) in [6.07, 6.45) is 7.29. The molecule has 0 saturated heterocycles. The van der Waals surface area contributed by atoms with E-state index in [0.29, 0.717) is 6.61 Å². The Morgan fingerprint density at radius 2 is 1.79 bits per heavy atom. The Balaban J connectivity index is 1.58. The van der Waals surface area contributed by atoms with Crippen LogP contribution in [0.2, 0.25) is 0 Å². The first-order valence-electron chi connectivity index (χ1n) is 7.44. The number of unbranched alkanes of at least 4 members (excludes halogenated alkanes) is 3. The molecule has 19 heavy (non-hydrogen) atoms. The van der Waals surface area contributed by atoms with Gasteiger partial charge in [-0.05, 0) is 49.1 Å². The monoisotopic (exact) mass is 279 g/mol. The van der Waals surface area contributed by atoms with E-state index in [1.807, 2.05) is 11.8 Å². The molecule has 0 bridgehead atoms. The standard InChI is InChI=1S/C16H25NOS/c18-11-3-1-2-4-12-19-16-9-5-14(6-10-16)13-17-15-7-8-15/h5-6,9-10,15,17-18H,1-4,7-8,11-13H2. The van der Waals surface area contributed by atoms with Crippen molar-refractivity contribution < 1.29 is 5.11 Å². The molecular weight excluding hydrogens is 254 g/mol. The molecule has 0 unspecified atom stereocenters. The van der Waals surface area contributed by atoms with Crippen LogP contribution in [-0.2, 0) is 6.54 Å². The fraction of sp³-hybridized carbons (Fsp3) is 0.625. The molecule has 1 aromatic rings. The minimum absolute atomic E-state index is 0.337. The van der Waals surface area contributed by atoms with E-state index in [0.717, 1.165) is 25.4 Å². The van der Waals surface area contributed by atoms with Crippen molar-refractivity contribution >= 4 is 11.8 Å². The number of benzene rings is 1. The van der Waals surface area contributed by atoms with Gasteiger partial charge in [0.05, 0.1) is 0 Å². The third-order valence-corrected chi connectivity index (χ3v) is 4.52. The Labute approximate surface area is 121 Å². The number of aliphatic hydroxyl groups is 1. The maximum absolute atomic E-state index is 8.70. The minimum Gasteiger partial charge on any atom is -0.396 e. The molecule has 3 heteroatoms. The number of hydrogen-bond acceptors (Lipinski definition) is 3. The van der Waals surface area contributed by atoms with Crippen molar-refractivity contribution in [3.63, 3.8) is 0 Å². The molecule has 2 N–H and O–H groups in total. The van der Waals surface area contributed by atoms with Gasteiger partial charge in [0.2, 0.25) is 0 Å². The predicted molar refractivity (Wildman–Crippen MR) is 82.6 cm³/mol. The van der Waals surface area contributed by atoms with E-state index in [2.05, 4.69) is 29.6 Å². The number of thioether (sulfide) groups is 1. The zero-order chi connectivity index (χ0) is 13.3. The van der Waals surface area contributed by atoms with Crippen molar-refractivity contribution in [2.24, 2.45) is 0 Å². The number of hydrogen-bond donors (Lipinski definition) is 2. The maximum Gasteiger partial charge on any atom is 0.0431 e. The lowest BCUT2D eigenvalue weighted by atomic mass is 10.2. The summed E-state index contributed by atoms with van der Waals surface area (Å²) in [5.41, 5.74) is 1.39. The molecule has 1 fully saturated rings. The Morgan fingerprint density at radius 1 is 1.05 bits per heavy atom. The summed E-state index contributed by atoms with van der Waals surface area (Å²) in [6, 6.07) is 9.74. The average Bonchev–Trinajstić information content (AvgIpc) is 3.26. The van der Waals surface area contributed by atoms with Crippen molar-refractivity contribution in [2.75, 3.05) is 12.4 Å². The topological polar surface area (TPSA) is 32.3 Å². The quantitative estimate of drug-likeness (QED) is 0.507. The summed E-state index contributed by atoms with van der Waals surface area (Å²) in [5.74, 6) is 1.19. The van der Waals surface area contributed by atoms with E-state index in [4.69, 9.17) is 5.11 Å². The number of rotatable bonds is 10. The van der Waals surface area contributed by atoms with Crippen LogP contribution in [0.1, 0.15) is 44.1 Å². The van der Waals surface area contributed by atoms with Gasteiger partial charge in [0.25, 0.3) is 0 Å². The van der Waals surface area contributed by atoms with Gasteiger partial charge in [0.1, 0.15) is 0 Å². The molecule has 0 aromatic heterocycles. The first-order chi connectivity index (χ1) is 9.38. The summed E-state index contributed by atoms with van der Waals surface area (Å²) in [7, 11) is 0. The Bertz CT molecular complexity index is 348. The second-order valence-corrected chi connectivity index (χ2v) is 6.45. The number of nitrogens with one attached hydrogen (secondary N) is 1. The van der Waals surface area contributed by atoms with Crippen LogP contribution in [0.15, 0.2) is 29.2 Å². The van der Waals surface area contributed by atoms with Gasteiger partial charge < -0.3 is 10.4 Å². The molecule has 0 amide bonds. The maximum atomic E-state index is 8.70. The van der Waals surface area contributed by atoms with Crippen LogP contribution in [0, 0.1) is 0 Å². The van der Waals surface area contributed by atoms with E-state index in [9.17, 15) is 0 Å². The summed E-state index contributed by atoms with van der Waals surface area (Å²) in [5, 5.41) is 12.2. The third-order valence-electron chi connectivity index (χ3n) is 3.42. The fourth-order valence-electron chi connectivity index (χ4n) is 2.01. The van der Waals surface area contributed by atoms with Crippen molar-refractivity contribution in [3.8, 4) is 0 Å². The molecule has 1 aromatic carbocycles. The SMILES string of the molecule is OCCCCCCSc1ccc(CNC2CC2)cc1. The minimum atomic E-state index is 0.337. The molecule has 2 rings (SSSR count). The summed E-state index contributed by atoms with van der Waals surface area (Å²) in [6.45, 7) is 1.35. The van der Waals surface area contributed by atoms with Crippen LogP contribution >= 0.6 is 11.8 Å². The summed E-state index contributed by atoms with van der Waals surface area (Å²) < 4.78 is 0. The molecule has 1 saturated carbocycles. The van der Waals surface area contributed by atoms with E-state index >= 15 is 0 Å². The Hall–Kier alpha value is -0.510. The van der Waals surface area contributed by atoms with Gasteiger partial charge in [-0.25, -0.2) is 0 Å². The van der Waals surface area contributed by atoms with Crippen molar-refractivity contribution in [1.29, 1.82) is 0 Å². The predicted octanol–water partition coefficient (Wildman–Crippen LogP) is 3.58. The van der Waals surface area contributed by atoms with Gasteiger partial charge >= 0.3 is 0 Å². The van der Waals surface area contributed by atoms with Gasteiger partial charge in [0.15, 0.2) is 0 Å².